The number of hydrogen-bond acceptors (Lipinski definition) is 7. The van der Waals surface area contributed by atoms with Gasteiger partial charge in [-0.2, -0.15) is 13.2 Å². The highest BCUT2D eigenvalue weighted by Crippen LogP contribution is 2.28. The van der Waals surface area contributed by atoms with Gasteiger partial charge in [0.25, 0.3) is 0 Å². The van der Waals surface area contributed by atoms with E-state index in [1.165, 1.54) is 10.7 Å². The van der Waals surface area contributed by atoms with Crippen LogP contribution in [-0.2, 0) is 6.18 Å². The molecule has 11 heteroatoms. The van der Waals surface area contributed by atoms with E-state index in [0.29, 0.717) is 30.4 Å². The third-order valence-electron chi connectivity index (χ3n) is 3.13. The Kier molecular flexibility index (Phi) is 4.40. The minimum Gasteiger partial charge on any atom is -0.370 e. The average molecular weight is 338 g/mol. The summed E-state index contributed by atoms with van der Waals surface area (Å²) in [4.78, 5) is 3.74. The van der Waals surface area contributed by atoms with Crippen molar-refractivity contribution < 1.29 is 13.2 Å². The van der Waals surface area contributed by atoms with E-state index in [0.717, 1.165) is 18.7 Å². The lowest BCUT2D eigenvalue weighted by Crippen LogP contribution is -2.12. The topological polar surface area (TPSA) is 92.9 Å². The number of halogens is 3. The molecule has 2 N–H and O–H groups in total. The van der Waals surface area contributed by atoms with E-state index < -0.39 is 11.7 Å². The Balaban J connectivity index is 1.42. The Morgan fingerprint density at radius 3 is 2.46 bits per heavy atom. The van der Waals surface area contributed by atoms with Crippen molar-refractivity contribution in [3.8, 4) is 0 Å². The van der Waals surface area contributed by atoms with Crippen LogP contribution in [0.5, 0.6) is 0 Å². The maximum absolute atomic E-state index is 12.4. The lowest BCUT2D eigenvalue weighted by molar-refractivity contribution is -0.137. The molecule has 0 fully saturated rings. The van der Waals surface area contributed by atoms with Gasteiger partial charge in [0, 0.05) is 19.3 Å². The van der Waals surface area contributed by atoms with Crippen molar-refractivity contribution >= 4 is 17.3 Å². The number of tetrazole rings is 1. The van der Waals surface area contributed by atoms with Crippen LogP contribution in [0.25, 0.3) is 5.65 Å². The zero-order chi connectivity index (χ0) is 17.0. The number of pyridine rings is 1. The number of nitrogens with zero attached hydrogens (tertiary/aromatic N) is 6. The van der Waals surface area contributed by atoms with Gasteiger partial charge < -0.3 is 10.6 Å². The van der Waals surface area contributed by atoms with Crippen molar-refractivity contribution in [2.45, 2.75) is 12.6 Å². The van der Waals surface area contributed by atoms with E-state index in [1.807, 2.05) is 0 Å². The van der Waals surface area contributed by atoms with Crippen molar-refractivity contribution in [1.29, 1.82) is 0 Å². The number of fused-ring (bicyclic) bond motifs is 1. The zero-order valence-electron chi connectivity index (χ0n) is 12.3. The van der Waals surface area contributed by atoms with Gasteiger partial charge in [0.05, 0.1) is 5.56 Å². The molecule has 0 aromatic carbocycles. The van der Waals surface area contributed by atoms with Crippen LogP contribution in [0.4, 0.5) is 24.8 Å². The molecule has 126 valence electrons. The lowest BCUT2D eigenvalue weighted by Gasteiger charge is -2.09. The molecule has 24 heavy (non-hydrogen) atoms. The second-order valence-corrected chi connectivity index (χ2v) is 4.88. The van der Waals surface area contributed by atoms with Gasteiger partial charge in [-0.05, 0) is 41.1 Å². The molecular formula is C13H13F3N8. The highest BCUT2D eigenvalue weighted by molar-refractivity contribution is 5.42. The molecule has 0 radical (unpaired) electrons. The number of anilines is 2. The Morgan fingerprint density at radius 1 is 1.00 bits per heavy atom. The monoisotopic (exact) mass is 338 g/mol. The highest BCUT2D eigenvalue weighted by Gasteiger charge is 2.30. The molecule has 0 saturated heterocycles. The van der Waals surface area contributed by atoms with E-state index in [4.69, 9.17) is 0 Å². The van der Waals surface area contributed by atoms with Crippen molar-refractivity contribution in [2.24, 2.45) is 0 Å². The van der Waals surface area contributed by atoms with Crippen molar-refractivity contribution in [3.63, 3.8) is 0 Å². The van der Waals surface area contributed by atoms with Crippen LogP contribution >= 0.6 is 0 Å². The predicted octanol–water partition coefficient (Wildman–Crippen LogP) is 1.85. The van der Waals surface area contributed by atoms with E-state index in [2.05, 4.69) is 36.2 Å². The molecular weight excluding hydrogens is 325 g/mol. The fourth-order valence-electron chi connectivity index (χ4n) is 1.93. The van der Waals surface area contributed by atoms with Gasteiger partial charge in [0.1, 0.15) is 11.6 Å². The van der Waals surface area contributed by atoms with Crippen molar-refractivity contribution in [2.75, 3.05) is 23.7 Å². The van der Waals surface area contributed by atoms with Gasteiger partial charge in [-0.15, -0.1) is 14.8 Å². The summed E-state index contributed by atoms with van der Waals surface area (Å²) in [5.41, 5.74) is -0.214. The second kappa shape index (κ2) is 6.64. The number of nitrogens with one attached hydrogen (secondary N) is 2. The van der Waals surface area contributed by atoms with Gasteiger partial charge in [-0.3, -0.25) is 0 Å². The summed E-state index contributed by atoms with van der Waals surface area (Å²) in [7, 11) is 0. The maximum atomic E-state index is 12.4. The first kappa shape index (κ1) is 15.9. The quantitative estimate of drug-likeness (QED) is 0.663. The summed E-state index contributed by atoms with van der Waals surface area (Å²) in [6.07, 6.45) is -2.84. The Labute approximate surface area is 134 Å². The van der Waals surface area contributed by atoms with Gasteiger partial charge >= 0.3 is 6.18 Å². The van der Waals surface area contributed by atoms with Gasteiger partial charge in [-0.25, -0.2) is 4.98 Å². The third kappa shape index (κ3) is 3.86. The fourth-order valence-corrected chi connectivity index (χ4v) is 1.93. The molecule has 8 nitrogen and oxygen atoms in total. The SMILES string of the molecule is FC(F)(F)c1ccc(NCCCNc2ccc3nnnn3n2)nc1. The number of hydrogen-bond donors (Lipinski definition) is 2. The zero-order valence-corrected chi connectivity index (χ0v) is 12.3. The van der Waals surface area contributed by atoms with E-state index in [1.54, 1.807) is 12.1 Å². The summed E-state index contributed by atoms with van der Waals surface area (Å²) >= 11 is 0. The molecule has 3 aromatic heterocycles. The van der Waals surface area contributed by atoms with Crippen molar-refractivity contribution in [1.82, 2.24) is 30.2 Å². The van der Waals surface area contributed by atoms with E-state index in [-0.39, 0.29) is 0 Å². The molecule has 3 rings (SSSR count). The molecule has 0 aliphatic heterocycles. The highest BCUT2D eigenvalue weighted by atomic mass is 19.4. The Morgan fingerprint density at radius 2 is 1.75 bits per heavy atom. The van der Waals surface area contributed by atoms with Crippen LogP contribution < -0.4 is 10.6 Å². The summed E-state index contributed by atoms with van der Waals surface area (Å²) in [6.45, 7) is 1.17. The van der Waals surface area contributed by atoms with E-state index in [9.17, 15) is 13.2 Å². The summed E-state index contributed by atoms with van der Waals surface area (Å²) in [5, 5.41) is 21.2. The summed E-state index contributed by atoms with van der Waals surface area (Å²) in [5.74, 6) is 1.03. The molecule has 0 unspecified atom stereocenters. The fraction of sp³-hybridized carbons (Fsp3) is 0.308. The van der Waals surface area contributed by atoms with E-state index >= 15 is 0 Å². The molecule has 0 bridgehead atoms. The normalized spacial score (nSPS) is 11.6. The molecule has 0 amide bonds. The first-order chi connectivity index (χ1) is 11.5. The van der Waals surface area contributed by atoms with Crippen LogP contribution in [0.3, 0.4) is 0 Å². The first-order valence-electron chi connectivity index (χ1n) is 7.09. The minimum atomic E-state index is -4.37. The largest absolute Gasteiger partial charge is 0.417 e. The smallest absolute Gasteiger partial charge is 0.370 e. The minimum absolute atomic E-state index is 0.399. The Bertz CT molecular complexity index is 799. The molecule has 3 aromatic rings. The van der Waals surface area contributed by atoms with Gasteiger partial charge in [-0.1, -0.05) is 0 Å². The van der Waals surface area contributed by atoms with Crippen LogP contribution in [0.2, 0.25) is 0 Å². The number of rotatable bonds is 6. The average Bonchev–Trinajstić information content (AvgIpc) is 3.02. The maximum Gasteiger partial charge on any atom is 0.417 e. The molecule has 0 spiro atoms. The number of alkyl halides is 3. The molecule has 0 aliphatic carbocycles. The molecule has 3 heterocycles. The Hall–Kier alpha value is -2.98. The van der Waals surface area contributed by atoms with Gasteiger partial charge in [0.2, 0.25) is 0 Å². The lowest BCUT2D eigenvalue weighted by atomic mass is 10.3. The van der Waals surface area contributed by atoms with Gasteiger partial charge in [0.15, 0.2) is 5.65 Å². The molecule has 0 saturated carbocycles. The summed E-state index contributed by atoms with van der Waals surface area (Å²) in [6, 6.07) is 5.80. The van der Waals surface area contributed by atoms with Crippen LogP contribution in [0.1, 0.15) is 12.0 Å². The number of aromatic nitrogens is 6. The molecule has 0 aliphatic rings. The standard InChI is InChI=1S/C13H13F3N8/c14-13(15,16)9-2-3-10(19-8-9)17-6-1-7-18-11-4-5-12-20-22-23-24(12)21-11/h2-5,8H,1,6-7H2,(H,17,19)(H,18,21). The second-order valence-electron chi connectivity index (χ2n) is 4.88. The van der Waals surface area contributed by atoms with Crippen LogP contribution in [0.15, 0.2) is 30.5 Å². The molecule has 0 atom stereocenters. The third-order valence-corrected chi connectivity index (χ3v) is 3.13. The summed E-state index contributed by atoms with van der Waals surface area (Å²) < 4.78 is 38.6. The van der Waals surface area contributed by atoms with Crippen LogP contribution in [-0.4, -0.2) is 43.3 Å². The van der Waals surface area contributed by atoms with Crippen molar-refractivity contribution in [3.05, 3.63) is 36.0 Å². The first-order valence-corrected chi connectivity index (χ1v) is 7.09. The van der Waals surface area contributed by atoms with Crippen LogP contribution in [0, 0.1) is 0 Å². The predicted molar refractivity (Wildman–Crippen MR) is 79.4 cm³/mol.